The Morgan fingerprint density at radius 3 is 2.46 bits per heavy atom. The van der Waals surface area contributed by atoms with Crippen molar-refractivity contribution in [3.8, 4) is 11.5 Å². The zero-order valence-electron chi connectivity index (χ0n) is 27.3. The Morgan fingerprint density at radius 2 is 1.78 bits per heavy atom. The highest BCUT2D eigenvalue weighted by atomic mass is 16.5. The molecule has 3 N–H and O–H groups in total. The van der Waals surface area contributed by atoms with E-state index in [0.717, 1.165) is 41.0 Å². The molecule has 0 bridgehead atoms. The number of aryl methyl sites for hydroxylation is 1. The van der Waals surface area contributed by atoms with Gasteiger partial charge in [-0.15, -0.1) is 0 Å². The van der Waals surface area contributed by atoms with Gasteiger partial charge in [-0.1, -0.05) is 86.3 Å². The monoisotopic (exact) mass is 560 g/mol. The molecule has 1 saturated carbocycles. The number of nitrogens with one attached hydrogen (secondary N) is 2. The molecular weight excluding hydrogens is 504 g/mol. The van der Waals surface area contributed by atoms with Crippen LogP contribution >= 0.6 is 0 Å². The largest absolute Gasteiger partial charge is 0.507 e. The lowest BCUT2D eigenvalue weighted by atomic mass is 9.73. The number of aromatic hydroxyl groups is 1. The Labute approximate surface area is 250 Å². The van der Waals surface area contributed by atoms with Gasteiger partial charge in [0.05, 0.1) is 5.54 Å². The van der Waals surface area contributed by atoms with Gasteiger partial charge in [0.15, 0.2) is 0 Å². The van der Waals surface area contributed by atoms with Crippen LogP contribution in [0.15, 0.2) is 36.5 Å². The molecule has 3 aliphatic rings. The first-order valence-corrected chi connectivity index (χ1v) is 16.4. The van der Waals surface area contributed by atoms with Crippen LogP contribution in [0, 0.1) is 12.8 Å². The van der Waals surface area contributed by atoms with Gasteiger partial charge in [-0.3, -0.25) is 5.32 Å². The Kier molecular flexibility index (Phi) is 11.6. The van der Waals surface area contributed by atoms with E-state index in [-0.39, 0.29) is 11.1 Å². The summed E-state index contributed by atoms with van der Waals surface area (Å²) in [5.74, 6) is 2.34. The average molecular weight is 561 g/mol. The number of rotatable bonds is 6. The van der Waals surface area contributed by atoms with Crippen LogP contribution in [0.4, 0.5) is 0 Å². The minimum Gasteiger partial charge on any atom is -0.507 e. The molecule has 1 spiro atoms. The average Bonchev–Trinajstić information content (AvgIpc) is 3.32. The maximum absolute atomic E-state index is 10.2. The fourth-order valence-electron chi connectivity index (χ4n) is 6.51. The third-order valence-corrected chi connectivity index (χ3v) is 9.10. The molecule has 3 aromatic rings. The predicted molar refractivity (Wildman–Crippen MR) is 178 cm³/mol. The van der Waals surface area contributed by atoms with Gasteiger partial charge in [0.25, 0.3) is 0 Å². The molecule has 2 fully saturated rings. The molecule has 1 saturated heterocycles. The summed E-state index contributed by atoms with van der Waals surface area (Å²) in [6.07, 6.45) is 16.5. The van der Waals surface area contributed by atoms with Crippen molar-refractivity contribution in [2.45, 2.75) is 131 Å². The third kappa shape index (κ3) is 7.02. The van der Waals surface area contributed by atoms with Gasteiger partial charge < -0.3 is 14.8 Å². The molecule has 3 heterocycles. The van der Waals surface area contributed by atoms with Crippen molar-refractivity contribution in [1.29, 1.82) is 0 Å². The van der Waals surface area contributed by atoms with Crippen molar-refractivity contribution in [3.63, 3.8) is 0 Å². The normalized spacial score (nSPS) is 24.2. The lowest BCUT2D eigenvalue weighted by Gasteiger charge is -2.39. The molecule has 4 heteroatoms. The molecular formula is C37H56N2O2. The number of aromatic nitrogens is 1. The van der Waals surface area contributed by atoms with Crippen LogP contribution in [0.25, 0.3) is 23.1 Å². The number of aromatic amines is 1. The van der Waals surface area contributed by atoms with Gasteiger partial charge in [-0.05, 0) is 98.0 Å². The number of hydrogen-bond donors (Lipinski definition) is 3. The second-order valence-corrected chi connectivity index (χ2v) is 11.9. The van der Waals surface area contributed by atoms with Crippen molar-refractivity contribution in [3.05, 3.63) is 58.8 Å². The van der Waals surface area contributed by atoms with Crippen LogP contribution in [0.1, 0.15) is 123 Å². The number of H-pyrrole nitrogens is 1. The molecule has 0 amide bonds. The van der Waals surface area contributed by atoms with E-state index in [2.05, 4.69) is 75.3 Å². The van der Waals surface area contributed by atoms with Crippen molar-refractivity contribution in [2.24, 2.45) is 5.92 Å². The number of phenolic OH excluding ortho intramolecular Hbond substituents is 1. The van der Waals surface area contributed by atoms with Crippen LogP contribution in [0.3, 0.4) is 0 Å². The van der Waals surface area contributed by atoms with Gasteiger partial charge >= 0.3 is 0 Å². The molecule has 4 nitrogen and oxygen atoms in total. The van der Waals surface area contributed by atoms with Gasteiger partial charge in [-0.2, -0.15) is 0 Å². The molecule has 41 heavy (non-hydrogen) atoms. The summed E-state index contributed by atoms with van der Waals surface area (Å²) in [5.41, 5.74) is 5.96. The van der Waals surface area contributed by atoms with Crippen molar-refractivity contribution in [2.75, 3.05) is 0 Å². The molecule has 6 rings (SSSR count). The second kappa shape index (κ2) is 14.4. The molecule has 1 aliphatic carbocycles. The van der Waals surface area contributed by atoms with E-state index in [9.17, 15) is 5.11 Å². The first-order chi connectivity index (χ1) is 19.8. The second-order valence-electron chi connectivity index (χ2n) is 11.9. The number of benzene rings is 2. The minimum absolute atomic E-state index is 0.122. The van der Waals surface area contributed by atoms with Gasteiger partial charge in [0.1, 0.15) is 17.6 Å². The highest BCUT2D eigenvalue weighted by molar-refractivity contribution is 5.89. The van der Waals surface area contributed by atoms with Crippen molar-refractivity contribution >= 4 is 23.1 Å². The van der Waals surface area contributed by atoms with E-state index in [1.807, 2.05) is 46.0 Å². The summed E-state index contributed by atoms with van der Waals surface area (Å²) in [7, 11) is 0. The zero-order valence-corrected chi connectivity index (χ0v) is 27.3. The van der Waals surface area contributed by atoms with Crippen LogP contribution in [0.2, 0.25) is 0 Å². The van der Waals surface area contributed by atoms with E-state index in [4.69, 9.17) is 4.74 Å². The van der Waals surface area contributed by atoms with Crippen LogP contribution in [0.5, 0.6) is 11.5 Å². The highest BCUT2D eigenvalue weighted by Crippen LogP contribution is 2.56. The van der Waals surface area contributed by atoms with E-state index in [1.165, 1.54) is 55.2 Å². The molecule has 3 unspecified atom stereocenters. The van der Waals surface area contributed by atoms with Crippen LogP contribution in [-0.4, -0.2) is 27.3 Å². The van der Waals surface area contributed by atoms with Gasteiger partial charge in [-0.25, -0.2) is 0 Å². The maximum Gasteiger partial charge on any atom is 0.126 e. The highest BCUT2D eigenvalue weighted by Gasteiger charge is 2.71. The molecule has 4 atom stereocenters. The minimum atomic E-state index is 0.122. The Bertz CT molecular complexity index is 1290. The lowest BCUT2D eigenvalue weighted by Crippen LogP contribution is -2.48. The molecule has 2 aliphatic heterocycles. The fraction of sp³-hybridized carbons (Fsp3) is 0.568. The number of ether oxygens (including phenoxy) is 1. The first kappa shape index (κ1) is 32.8. The summed E-state index contributed by atoms with van der Waals surface area (Å²) in [6, 6.07) is 10.2. The smallest absolute Gasteiger partial charge is 0.126 e. The van der Waals surface area contributed by atoms with Crippen molar-refractivity contribution < 1.29 is 9.84 Å². The van der Waals surface area contributed by atoms with Crippen LogP contribution < -0.4 is 10.1 Å². The summed E-state index contributed by atoms with van der Waals surface area (Å²) < 4.78 is 6.53. The SMILES string of the molecule is CC.CC.CCCCC(C)CC.Cc1cc(/C=C/c2cc(O)c3cc[nH]c3c2)cc2c1OC1CCCC3(C)N[C@]13C2. The Hall–Kier alpha value is -2.72. The molecule has 2 aromatic carbocycles. The quantitative estimate of drug-likeness (QED) is 0.207. The fourth-order valence-corrected chi connectivity index (χ4v) is 6.51. The number of phenols is 1. The summed E-state index contributed by atoms with van der Waals surface area (Å²) >= 11 is 0. The third-order valence-electron chi connectivity index (χ3n) is 9.10. The topological polar surface area (TPSA) is 67.2 Å². The van der Waals surface area contributed by atoms with Gasteiger partial charge in [0, 0.05) is 22.6 Å². The van der Waals surface area contributed by atoms with E-state index in [1.54, 1.807) is 0 Å². The number of unbranched alkanes of at least 4 members (excludes halogenated alkanes) is 1. The van der Waals surface area contributed by atoms with E-state index < -0.39 is 0 Å². The van der Waals surface area contributed by atoms with E-state index >= 15 is 0 Å². The zero-order chi connectivity index (χ0) is 30.2. The summed E-state index contributed by atoms with van der Waals surface area (Å²) in [4.78, 5) is 3.17. The van der Waals surface area contributed by atoms with Crippen LogP contribution in [-0.2, 0) is 6.42 Å². The Balaban J connectivity index is 0.000000333. The van der Waals surface area contributed by atoms with E-state index in [0.29, 0.717) is 11.9 Å². The predicted octanol–water partition coefficient (Wildman–Crippen LogP) is 10.2. The maximum atomic E-state index is 10.2. The standard InChI is InChI=1S/C25H26N2O2.C8H18.2C2H6/c1-15-10-16(5-6-17-12-20-19(7-9-26-20)21(28)13-17)11-18-14-25-22(29-23(15)18)4-3-8-24(25,2)27-25;1-4-6-7-8(3)5-2;2*1-2/h5-7,9-13,22,26-28H,3-4,8,14H2,1-2H3;8H,4-7H2,1-3H3;2*1-2H3/b6-5+;;;/t22?,24?,25-;;;/m1.../s1. The van der Waals surface area contributed by atoms with Gasteiger partial charge in [0.2, 0.25) is 0 Å². The lowest BCUT2D eigenvalue weighted by molar-refractivity contribution is 0.0946. The molecule has 1 aromatic heterocycles. The molecule has 226 valence electrons. The Morgan fingerprint density at radius 1 is 1.07 bits per heavy atom. The molecule has 0 radical (unpaired) electrons. The summed E-state index contributed by atoms with van der Waals surface area (Å²) in [6.45, 7) is 19.3. The number of fused-ring (bicyclic) bond motifs is 2. The van der Waals surface area contributed by atoms with Crippen molar-refractivity contribution in [1.82, 2.24) is 10.3 Å². The first-order valence-electron chi connectivity index (χ1n) is 16.4. The summed E-state index contributed by atoms with van der Waals surface area (Å²) in [5, 5.41) is 14.9. The number of hydrogen-bond acceptors (Lipinski definition) is 3.